The first kappa shape index (κ1) is 28.1. The average molecular weight is 554 g/mol. The Morgan fingerprint density at radius 1 is 0.854 bits per heavy atom. The van der Waals surface area contributed by atoms with Crippen LogP contribution in [0.2, 0.25) is 0 Å². The Kier molecular flexibility index (Phi) is 9.10. The van der Waals surface area contributed by atoms with Gasteiger partial charge in [-0.2, -0.15) is 5.10 Å². The summed E-state index contributed by atoms with van der Waals surface area (Å²) in [5.74, 6) is -1.23. The number of carbonyl (C=O) groups excluding carboxylic acids is 2. The number of piperazine rings is 1. The van der Waals surface area contributed by atoms with Crippen LogP contribution in [0, 0.1) is 5.82 Å². The molecule has 0 atom stereocenters. The summed E-state index contributed by atoms with van der Waals surface area (Å²) >= 11 is 0. The number of halogens is 1. The normalized spacial score (nSPS) is 14.4. The summed E-state index contributed by atoms with van der Waals surface area (Å²) in [6, 6.07) is 24.4. The molecule has 1 fully saturated rings. The molecule has 3 N–H and O–H groups in total. The van der Waals surface area contributed by atoms with Gasteiger partial charge >= 0.3 is 0 Å². The summed E-state index contributed by atoms with van der Waals surface area (Å²) in [5.41, 5.74) is 5.12. The summed E-state index contributed by atoms with van der Waals surface area (Å²) in [5, 5.41) is 17.8. The molecule has 4 aromatic carbocycles. The van der Waals surface area contributed by atoms with Crippen LogP contribution in [-0.4, -0.2) is 72.3 Å². The number of amides is 2. The fraction of sp³-hybridized carbons (Fsp3) is 0.219. The molecule has 0 radical (unpaired) electrons. The molecule has 4 aromatic rings. The fourth-order valence-corrected chi connectivity index (χ4v) is 4.92. The maximum atomic E-state index is 13.5. The second-order valence-corrected chi connectivity index (χ2v) is 9.99. The first-order chi connectivity index (χ1) is 20.0. The van der Waals surface area contributed by atoms with Crippen molar-refractivity contribution in [3.63, 3.8) is 0 Å². The Balaban J connectivity index is 1.31. The van der Waals surface area contributed by atoms with Gasteiger partial charge in [0.25, 0.3) is 11.8 Å². The van der Waals surface area contributed by atoms with E-state index in [1.807, 2.05) is 42.5 Å². The van der Waals surface area contributed by atoms with E-state index in [9.17, 15) is 14.0 Å². The smallest absolute Gasteiger partial charge is 0.273 e. The van der Waals surface area contributed by atoms with Gasteiger partial charge in [-0.05, 0) is 58.3 Å². The highest BCUT2D eigenvalue weighted by atomic mass is 19.1. The lowest BCUT2D eigenvalue weighted by Crippen LogP contribution is -2.46. The molecule has 1 aliphatic heterocycles. The number of aliphatic hydroxyl groups is 1. The number of anilines is 1. The Morgan fingerprint density at radius 2 is 1.59 bits per heavy atom. The Bertz CT molecular complexity index is 1570. The highest BCUT2D eigenvalue weighted by Gasteiger charge is 2.18. The lowest BCUT2D eigenvalue weighted by atomic mass is 10.0. The number of benzene rings is 4. The summed E-state index contributed by atoms with van der Waals surface area (Å²) in [7, 11) is 0. The predicted molar refractivity (Wildman–Crippen MR) is 159 cm³/mol. The van der Waals surface area contributed by atoms with Gasteiger partial charge in [0, 0.05) is 44.8 Å². The number of hydrazone groups is 1. The number of fused-ring (bicyclic) bond motifs is 1. The van der Waals surface area contributed by atoms with Gasteiger partial charge in [0.1, 0.15) is 5.82 Å². The SMILES string of the molecule is O=C(Nc1cc2ccccc2cc1C(=O)N/N=C/c1cccc(F)c1)c1cccc(CN2CCN(CCO)CC2)c1. The zero-order chi connectivity index (χ0) is 28.6. The van der Waals surface area contributed by atoms with Crippen molar-refractivity contribution >= 4 is 34.5 Å². The summed E-state index contributed by atoms with van der Waals surface area (Å²) in [6.07, 6.45) is 1.36. The van der Waals surface area contributed by atoms with Crippen LogP contribution in [0.5, 0.6) is 0 Å². The molecule has 0 spiro atoms. The molecular formula is C32H32FN5O3. The molecular weight excluding hydrogens is 521 g/mol. The van der Waals surface area contributed by atoms with Crippen molar-refractivity contribution in [2.75, 3.05) is 44.6 Å². The van der Waals surface area contributed by atoms with Gasteiger partial charge in [-0.1, -0.05) is 48.5 Å². The van der Waals surface area contributed by atoms with Gasteiger partial charge in [-0.3, -0.25) is 19.4 Å². The van der Waals surface area contributed by atoms with Crippen LogP contribution in [0.3, 0.4) is 0 Å². The van der Waals surface area contributed by atoms with Crippen LogP contribution < -0.4 is 10.7 Å². The van der Waals surface area contributed by atoms with Crippen molar-refractivity contribution in [2.45, 2.75) is 6.54 Å². The van der Waals surface area contributed by atoms with Crippen LogP contribution in [0.15, 0.2) is 90.0 Å². The maximum absolute atomic E-state index is 13.5. The van der Waals surface area contributed by atoms with Crippen molar-refractivity contribution in [1.29, 1.82) is 0 Å². The Hall–Kier alpha value is -4.44. The van der Waals surface area contributed by atoms with E-state index in [0.29, 0.717) is 23.4 Å². The average Bonchev–Trinajstić information content (AvgIpc) is 2.98. The van der Waals surface area contributed by atoms with Crippen LogP contribution in [-0.2, 0) is 6.54 Å². The summed E-state index contributed by atoms with van der Waals surface area (Å²) in [4.78, 5) is 31.1. The molecule has 8 nitrogen and oxygen atoms in total. The minimum Gasteiger partial charge on any atom is -0.395 e. The zero-order valence-electron chi connectivity index (χ0n) is 22.6. The quantitative estimate of drug-likeness (QED) is 0.214. The van der Waals surface area contributed by atoms with E-state index >= 15 is 0 Å². The van der Waals surface area contributed by atoms with Crippen molar-refractivity contribution < 1.29 is 19.1 Å². The van der Waals surface area contributed by atoms with Crippen LogP contribution in [0.4, 0.5) is 10.1 Å². The van der Waals surface area contributed by atoms with Gasteiger partial charge < -0.3 is 10.4 Å². The molecule has 0 unspecified atom stereocenters. The second-order valence-electron chi connectivity index (χ2n) is 9.99. The first-order valence-corrected chi connectivity index (χ1v) is 13.6. The molecule has 1 saturated heterocycles. The predicted octanol–water partition coefficient (Wildman–Crippen LogP) is 4.11. The number of nitrogens with zero attached hydrogens (tertiary/aromatic N) is 3. The van der Waals surface area contributed by atoms with Gasteiger partial charge in [-0.15, -0.1) is 0 Å². The van der Waals surface area contributed by atoms with E-state index in [2.05, 4.69) is 25.6 Å². The molecule has 41 heavy (non-hydrogen) atoms. The summed E-state index contributed by atoms with van der Waals surface area (Å²) in [6.45, 7) is 5.18. The molecule has 2 amide bonds. The Morgan fingerprint density at radius 3 is 2.34 bits per heavy atom. The van der Waals surface area contributed by atoms with Crippen molar-refractivity contribution in [1.82, 2.24) is 15.2 Å². The largest absolute Gasteiger partial charge is 0.395 e. The topological polar surface area (TPSA) is 97.3 Å². The van der Waals surface area contributed by atoms with E-state index < -0.39 is 11.7 Å². The van der Waals surface area contributed by atoms with Crippen molar-refractivity contribution in [3.8, 4) is 0 Å². The monoisotopic (exact) mass is 553 g/mol. The minimum atomic E-state index is -0.507. The molecule has 5 rings (SSSR count). The number of hydrogen-bond donors (Lipinski definition) is 3. The highest BCUT2D eigenvalue weighted by molar-refractivity contribution is 6.11. The van der Waals surface area contributed by atoms with E-state index in [0.717, 1.165) is 49.1 Å². The van der Waals surface area contributed by atoms with E-state index in [-0.39, 0.29) is 18.1 Å². The second kappa shape index (κ2) is 13.3. The van der Waals surface area contributed by atoms with Gasteiger partial charge in [0.2, 0.25) is 0 Å². The zero-order valence-corrected chi connectivity index (χ0v) is 22.6. The van der Waals surface area contributed by atoms with Crippen molar-refractivity contribution in [2.24, 2.45) is 5.10 Å². The lowest BCUT2D eigenvalue weighted by molar-refractivity contribution is 0.0956. The van der Waals surface area contributed by atoms with E-state index in [1.165, 1.54) is 18.3 Å². The molecule has 0 aliphatic carbocycles. The standard InChI is InChI=1S/C32H32FN5O3/c33-28-10-4-5-23(18-28)21-34-36-32(41)29-19-25-7-1-2-8-26(25)20-30(29)35-31(40)27-9-3-6-24(17-27)22-38-13-11-37(12-14-38)15-16-39/h1-10,17-21,39H,11-16,22H2,(H,35,40)(H,36,41)/b34-21+. The first-order valence-electron chi connectivity index (χ1n) is 13.6. The van der Waals surface area contributed by atoms with E-state index in [1.54, 1.807) is 30.3 Å². The third-order valence-electron chi connectivity index (χ3n) is 7.08. The van der Waals surface area contributed by atoms with Gasteiger partial charge in [0.15, 0.2) is 0 Å². The molecule has 9 heteroatoms. The molecule has 0 saturated carbocycles. The number of rotatable bonds is 9. The molecule has 1 heterocycles. The maximum Gasteiger partial charge on any atom is 0.273 e. The number of aliphatic hydroxyl groups excluding tert-OH is 1. The minimum absolute atomic E-state index is 0.167. The molecule has 1 aliphatic rings. The van der Waals surface area contributed by atoms with E-state index in [4.69, 9.17) is 5.11 Å². The van der Waals surface area contributed by atoms with Crippen LogP contribution >= 0.6 is 0 Å². The Labute approximate surface area is 238 Å². The third-order valence-corrected chi connectivity index (χ3v) is 7.08. The molecule has 0 aromatic heterocycles. The van der Waals surface area contributed by atoms with Crippen LogP contribution in [0.25, 0.3) is 10.8 Å². The number of carbonyl (C=O) groups is 2. The van der Waals surface area contributed by atoms with Gasteiger partial charge in [0.05, 0.1) is 24.1 Å². The number of nitrogens with one attached hydrogen (secondary N) is 2. The van der Waals surface area contributed by atoms with Crippen molar-refractivity contribution in [3.05, 3.63) is 113 Å². The van der Waals surface area contributed by atoms with Crippen LogP contribution in [0.1, 0.15) is 31.8 Å². The lowest BCUT2D eigenvalue weighted by Gasteiger charge is -2.34. The highest BCUT2D eigenvalue weighted by Crippen LogP contribution is 2.25. The molecule has 0 bridgehead atoms. The number of β-amino-alcohol motifs (C(OH)–C–C–N with tert-alkyl or cyclic N) is 1. The molecule has 210 valence electrons. The third kappa shape index (κ3) is 7.40. The summed E-state index contributed by atoms with van der Waals surface area (Å²) < 4.78 is 13.5. The number of hydrogen-bond acceptors (Lipinski definition) is 6. The van der Waals surface area contributed by atoms with Gasteiger partial charge in [-0.25, -0.2) is 9.82 Å². The fourth-order valence-electron chi connectivity index (χ4n) is 4.92.